The van der Waals surface area contributed by atoms with Crippen molar-refractivity contribution >= 4 is 5.78 Å². The lowest BCUT2D eigenvalue weighted by atomic mass is 10.1. The highest BCUT2D eigenvalue weighted by atomic mass is 16.1. The summed E-state index contributed by atoms with van der Waals surface area (Å²) >= 11 is 0. The molecule has 0 atom stereocenters. The second-order valence-electron chi connectivity index (χ2n) is 3.82. The van der Waals surface area contributed by atoms with E-state index in [9.17, 15) is 4.79 Å². The maximum absolute atomic E-state index is 11.1. The summed E-state index contributed by atoms with van der Waals surface area (Å²) in [5.41, 5.74) is 0.688. The highest BCUT2D eigenvalue weighted by Gasteiger charge is 2.01. The molecular formula is C11H21NO. The van der Waals surface area contributed by atoms with Crippen molar-refractivity contribution in [1.29, 1.82) is 0 Å². The largest absolute Gasteiger partial charge is 0.309 e. The van der Waals surface area contributed by atoms with E-state index in [1.165, 1.54) is 6.42 Å². The number of carbonyl (C=O) groups is 1. The van der Waals surface area contributed by atoms with E-state index in [4.69, 9.17) is 0 Å². The predicted octanol–water partition coefficient (Wildman–Crippen LogP) is 2.25. The van der Waals surface area contributed by atoms with Gasteiger partial charge in [0.25, 0.3) is 0 Å². The van der Waals surface area contributed by atoms with Gasteiger partial charge in [-0.2, -0.15) is 0 Å². The Hall–Kier alpha value is -0.630. The van der Waals surface area contributed by atoms with Crippen LogP contribution in [0.4, 0.5) is 0 Å². The number of hydrogen-bond donors (Lipinski definition) is 0. The molecule has 2 nitrogen and oxygen atoms in total. The van der Waals surface area contributed by atoms with Gasteiger partial charge >= 0.3 is 0 Å². The van der Waals surface area contributed by atoms with E-state index in [1.807, 2.05) is 0 Å². The second-order valence-corrected chi connectivity index (χ2v) is 3.82. The number of allylic oxidation sites excluding steroid dienone is 1. The summed E-state index contributed by atoms with van der Waals surface area (Å²) in [5.74, 6) is 0.213. The topological polar surface area (TPSA) is 20.3 Å². The summed E-state index contributed by atoms with van der Waals surface area (Å²) in [5, 5.41) is 0. The molecule has 0 rings (SSSR count). The lowest BCUT2D eigenvalue weighted by molar-refractivity contribution is -0.115. The van der Waals surface area contributed by atoms with Crippen LogP contribution in [0.3, 0.4) is 0 Å². The average molecular weight is 183 g/mol. The van der Waals surface area contributed by atoms with Gasteiger partial charge in [0.15, 0.2) is 5.78 Å². The van der Waals surface area contributed by atoms with E-state index < -0.39 is 0 Å². The quantitative estimate of drug-likeness (QED) is 0.446. The maximum Gasteiger partial charge on any atom is 0.157 e. The van der Waals surface area contributed by atoms with Crippen LogP contribution in [0.25, 0.3) is 0 Å². The van der Waals surface area contributed by atoms with Gasteiger partial charge in [-0.15, -0.1) is 0 Å². The fraction of sp³-hybridized carbons (Fsp3) is 0.727. The minimum absolute atomic E-state index is 0.213. The molecule has 0 unspecified atom stereocenters. The van der Waals surface area contributed by atoms with Crippen molar-refractivity contribution in [1.82, 2.24) is 4.90 Å². The molecule has 0 aliphatic carbocycles. The summed E-state index contributed by atoms with van der Waals surface area (Å²) in [4.78, 5) is 13.3. The fourth-order valence-electron chi connectivity index (χ4n) is 1.10. The van der Waals surface area contributed by atoms with Crippen molar-refractivity contribution in [2.75, 3.05) is 20.6 Å². The second kappa shape index (κ2) is 6.84. The Balaban J connectivity index is 3.26. The molecule has 0 radical (unpaired) electrons. The minimum Gasteiger partial charge on any atom is -0.309 e. The summed E-state index contributed by atoms with van der Waals surface area (Å²) in [6.07, 6.45) is 3.98. The number of unbranched alkanes of at least 4 members (excludes halogenated alkanes) is 2. The average Bonchev–Trinajstić information content (AvgIpc) is 2.02. The number of nitrogens with zero attached hydrogens (tertiary/aromatic N) is 1. The molecule has 0 amide bonds. The third kappa shape index (κ3) is 7.72. The van der Waals surface area contributed by atoms with E-state index in [1.54, 1.807) is 6.92 Å². The highest BCUT2D eigenvalue weighted by molar-refractivity contribution is 5.93. The first-order valence-corrected chi connectivity index (χ1v) is 4.87. The standard InChI is InChI=1S/C11H21NO/c1-10(2)11(13)8-6-5-7-9-12(3)4/h1,5-9H2,2-4H3. The van der Waals surface area contributed by atoms with E-state index in [-0.39, 0.29) is 5.78 Å². The first-order valence-electron chi connectivity index (χ1n) is 4.87. The van der Waals surface area contributed by atoms with Crippen LogP contribution in [0.15, 0.2) is 12.2 Å². The molecule has 2 heteroatoms. The van der Waals surface area contributed by atoms with E-state index in [0.29, 0.717) is 12.0 Å². The summed E-state index contributed by atoms with van der Waals surface area (Å²) in [7, 11) is 4.14. The monoisotopic (exact) mass is 183 g/mol. The summed E-state index contributed by atoms with van der Waals surface area (Å²) in [6, 6.07) is 0. The molecule has 0 heterocycles. The van der Waals surface area contributed by atoms with Crippen LogP contribution in [0.2, 0.25) is 0 Å². The Kier molecular flexibility index (Phi) is 6.51. The molecule has 0 aromatic heterocycles. The minimum atomic E-state index is 0.213. The van der Waals surface area contributed by atoms with E-state index in [2.05, 4.69) is 25.6 Å². The van der Waals surface area contributed by atoms with Crippen molar-refractivity contribution in [3.63, 3.8) is 0 Å². The molecule has 0 spiro atoms. The normalized spacial score (nSPS) is 10.5. The first-order chi connectivity index (χ1) is 6.04. The van der Waals surface area contributed by atoms with Crippen LogP contribution >= 0.6 is 0 Å². The van der Waals surface area contributed by atoms with Crippen molar-refractivity contribution in [3.05, 3.63) is 12.2 Å². The zero-order chi connectivity index (χ0) is 10.3. The van der Waals surface area contributed by atoms with E-state index >= 15 is 0 Å². The smallest absolute Gasteiger partial charge is 0.157 e. The molecule has 0 bridgehead atoms. The Bertz CT molecular complexity index is 173. The zero-order valence-corrected chi connectivity index (χ0v) is 9.10. The van der Waals surface area contributed by atoms with Gasteiger partial charge < -0.3 is 4.90 Å². The van der Waals surface area contributed by atoms with E-state index in [0.717, 1.165) is 19.4 Å². The number of carbonyl (C=O) groups excluding carboxylic acids is 1. The van der Waals surface area contributed by atoms with Crippen LogP contribution in [0.5, 0.6) is 0 Å². The maximum atomic E-state index is 11.1. The first kappa shape index (κ1) is 12.4. The van der Waals surface area contributed by atoms with Gasteiger partial charge in [-0.25, -0.2) is 0 Å². The number of rotatable bonds is 7. The molecule has 0 aromatic carbocycles. The molecule has 0 aliphatic heterocycles. The van der Waals surface area contributed by atoms with Gasteiger partial charge in [-0.1, -0.05) is 13.0 Å². The van der Waals surface area contributed by atoms with Gasteiger partial charge in [-0.3, -0.25) is 4.79 Å². The molecule has 0 aliphatic rings. The molecular weight excluding hydrogens is 162 g/mol. The van der Waals surface area contributed by atoms with Crippen LogP contribution in [-0.2, 0) is 4.79 Å². The van der Waals surface area contributed by atoms with Crippen LogP contribution < -0.4 is 0 Å². The number of hydrogen-bond acceptors (Lipinski definition) is 2. The lowest BCUT2D eigenvalue weighted by Crippen LogP contribution is -2.12. The van der Waals surface area contributed by atoms with Crippen LogP contribution in [0, 0.1) is 0 Å². The Morgan fingerprint density at radius 1 is 1.23 bits per heavy atom. The van der Waals surface area contributed by atoms with Gasteiger partial charge in [0, 0.05) is 6.42 Å². The van der Waals surface area contributed by atoms with Crippen LogP contribution in [-0.4, -0.2) is 31.3 Å². The zero-order valence-electron chi connectivity index (χ0n) is 9.10. The molecule has 13 heavy (non-hydrogen) atoms. The third-order valence-electron chi connectivity index (χ3n) is 1.99. The van der Waals surface area contributed by atoms with Gasteiger partial charge in [0.2, 0.25) is 0 Å². The van der Waals surface area contributed by atoms with Crippen LogP contribution in [0.1, 0.15) is 32.6 Å². The van der Waals surface area contributed by atoms with Gasteiger partial charge in [0.05, 0.1) is 0 Å². The Morgan fingerprint density at radius 2 is 1.85 bits per heavy atom. The third-order valence-corrected chi connectivity index (χ3v) is 1.99. The molecule has 0 aromatic rings. The summed E-state index contributed by atoms with van der Waals surface area (Å²) < 4.78 is 0. The van der Waals surface area contributed by atoms with Crippen molar-refractivity contribution in [2.24, 2.45) is 0 Å². The molecule has 76 valence electrons. The van der Waals surface area contributed by atoms with Crippen molar-refractivity contribution in [3.8, 4) is 0 Å². The van der Waals surface area contributed by atoms with Gasteiger partial charge in [0.1, 0.15) is 0 Å². The van der Waals surface area contributed by atoms with Crippen molar-refractivity contribution < 1.29 is 4.79 Å². The lowest BCUT2D eigenvalue weighted by Gasteiger charge is -2.08. The molecule has 0 N–H and O–H groups in total. The molecule has 0 saturated heterocycles. The number of Topliss-reactive ketones (excluding diaryl/α,β-unsaturated/α-hetero) is 1. The highest BCUT2D eigenvalue weighted by Crippen LogP contribution is 2.04. The van der Waals surface area contributed by atoms with Crippen molar-refractivity contribution in [2.45, 2.75) is 32.6 Å². The SMILES string of the molecule is C=C(C)C(=O)CCCCCN(C)C. The van der Waals surface area contributed by atoms with Gasteiger partial charge in [-0.05, 0) is 46.0 Å². The molecule has 0 fully saturated rings. The number of ketones is 1. The Morgan fingerprint density at radius 3 is 2.31 bits per heavy atom. The predicted molar refractivity (Wildman–Crippen MR) is 56.8 cm³/mol. The molecule has 0 saturated carbocycles. The Labute approximate surface area is 81.6 Å². The fourth-order valence-corrected chi connectivity index (χ4v) is 1.10. The summed E-state index contributed by atoms with van der Waals surface area (Å²) in [6.45, 7) is 6.52.